The number of benzene rings is 3. The summed E-state index contributed by atoms with van der Waals surface area (Å²) in [6.45, 7) is 5.35. The van der Waals surface area contributed by atoms with Crippen molar-refractivity contribution >= 4 is 45.1 Å². The van der Waals surface area contributed by atoms with Gasteiger partial charge in [-0.2, -0.15) is 0 Å². The number of hydrogen-bond donors (Lipinski definition) is 3. The van der Waals surface area contributed by atoms with Gasteiger partial charge < -0.3 is 29.7 Å². The SMILES string of the molecule is O=C(O)C(=O)O.O=C(c1ccc(OCCN2CCCC2=O)cc1)c1c(-c2ccc(OCCN3CCCC3)c(O)c2)sc2ccccc12. The fraction of sp³-hybridized carbons (Fsp3) is 0.314. The molecule has 0 unspecified atom stereocenters. The maximum absolute atomic E-state index is 13.9. The number of carboxylic acids is 2. The standard InChI is InChI=1S/C33H34N2O5S.C2H2O4/c36-27-22-24(11-14-28(27)40-20-18-34-15-3-4-16-34)33-31(26-6-1-2-7-29(26)41-33)32(38)23-9-12-25(13-10-23)39-21-19-35-17-5-8-30(35)37;3-1(4)2(5)6/h1-2,6-7,9-14,22,36H,3-5,8,15-21H2;(H,3,4)(H,5,6). The van der Waals surface area contributed by atoms with Crippen LogP contribution in [0.2, 0.25) is 0 Å². The first kappa shape index (κ1) is 33.4. The molecule has 2 aliphatic heterocycles. The molecule has 2 aliphatic rings. The van der Waals surface area contributed by atoms with Crippen LogP contribution in [-0.4, -0.2) is 94.7 Å². The summed E-state index contributed by atoms with van der Waals surface area (Å²) in [5, 5.41) is 26.5. The Labute approximate surface area is 275 Å². The average Bonchev–Trinajstić information content (AvgIpc) is 3.83. The highest BCUT2D eigenvalue weighted by atomic mass is 32.1. The highest BCUT2D eigenvalue weighted by molar-refractivity contribution is 7.22. The summed E-state index contributed by atoms with van der Waals surface area (Å²) in [6.07, 6.45) is 3.99. The normalized spacial score (nSPS) is 14.6. The minimum atomic E-state index is -1.82. The van der Waals surface area contributed by atoms with Crippen LogP contribution in [0.15, 0.2) is 66.7 Å². The van der Waals surface area contributed by atoms with Crippen LogP contribution in [0.1, 0.15) is 41.6 Å². The van der Waals surface area contributed by atoms with E-state index in [1.807, 2.05) is 35.2 Å². The molecule has 3 N–H and O–H groups in total. The van der Waals surface area contributed by atoms with E-state index < -0.39 is 11.9 Å². The van der Waals surface area contributed by atoms with E-state index in [0.717, 1.165) is 53.1 Å². The predicted octanol–water partition coefficient (Wildman–Crippen LogP) is 5.14. The van der Waals surface area contributed by atoms with E-state index >= 15 is 0 Å². The third kappa shape index (κ3) is 8.46. The number of carbonyl (C=O) groups excluding carboxylic acids is 2. The van der Waals surface area contributed by atoms with Crippen molar-refractivity contribution in [3.8, 4) is 27.7 Å². The number of phenolic OH excluding ortho intramolecular Hbond substituents is 1. The van der Waals surface area contributed by atoms with Gasteiger partial charge in [0.05, 0.1) is 6.54 Å². The molecule has 0 bridgehead atoms. The van der Waals surface area contributed by atoms with Gasteiger partial charge in [0.1, 0.15) is 19.0 Å². The maximum atomic E-state index is 13.9. The summed E-state index contributed by atoms with van der Waals surface area (Å²) < 4.78 is 12.7. The number of carboxylic acid groups (broad SMARTS) is 2. The number of nitrogens with zero attached hydrogens (tertiary/aromatic N) is 2. The zero-order chi connectivity index (χ0) is 33.3. The molecule has 2 fully saturated rings. The molecule has 1 aromatic heterocycles. The minimum absolute atomic E-state index is 0.0666. The Balaban J connectivity index is 0.000000662. The molecule has 2 saturated heterocycles. The average molecular weight is 661 g/mol. The molecular weight excluding hydrogens is 624 g/mol. The second-order valence-corrected chi connectivity index (χ2v) is 12.2. The topological polar surface area (TPSA) is 154 Å². The van der Waals surface area contributed by atoms with Crippen molar-refractivity contribution in [1.29, 1.82) is 0 Å². The largest absolute Gasteiger partial charge is 0.504 e. The van der Waals surface area contributed by atoms with Gasteiger partial charge in [-0.25, -0.2) is 9.59 Å². The number of phenols is 1. The van der Waals surface area contributed by atoms with Crippen LogP contribution in [-0.2, 0) is 14.4 Å². The quantitative estimate of drug-likeness (QED) is 0.146. The summed E-state index contributed by atoms with van der Waals surface area (Å²) >= 11 is 1.54. The Bertz CT molecular complexity index is 1730. The summed E-state index contributed by atoms with van der Waals surface area (Å²) in [7, 11) is 0. The zero-order valence-corrected chi connectivity index (χ0v) is 26.5. The van der Waals surface area contributed by atoms with Gasteiger partial charge in [-0.15, -0.1) is 11.3 Å². The van der Waals surface area contributed by atoms with Crippen molar-refractivity contribution in [2.75, 3.05) is 45.9 Å². The van der Waals surface area contributed by atoms with Crippen molar-refractivity contribution in [3.63, 3.8) is 0 Å². The Morgan fingerprint density at radius 3 is 2.17 bits per heavy atom. The molecule has 0 radical (unpaired) electrons. The predicted molar refractivity (Wildman–Crippen MR) is 177 cm³/mol. The highest BCUT2D eigenvalue weighted by Crippen LogP contribution is 2.42. The van der Waals surface area contributed by atoms with Gasteiger partial charge in [0.15, 0.2) is 17.3 Å². The zero-order valence-electron chi connectivity index (χ0n) is 25.7. The molecule has 246 valence electrons. The third-order valence-corrected chi connectivity index (χ3v) is 9.23. The molecule has 0 saturated carbocycles. The molecule has 1 amide bonds. The molecule has 3 aromatic carbocycles. The molecule has 0 atom stereocenters. The summed E-state index contributed by atoms with van der Waals surface area (Å²) in [5.41, 5.74) is 1.95. The van der Waals surface area contributed by atoms with Gasteiger partial charge in [-0.3, -0.25) is 14.5 Å². The Morgan fingerprint density at radius 1 is 0.809 bits per heavy atom. The maximum Gasteiger partial charge on any atom is 0.414 e. The number of amides is 1. The van der Waals surface area contributed by atoms with Crippen molar-refractivity contribution in [2.45, 2.75) is 25.7 Å². The number of ether oxygens (including phenoxy) is 2. The second-order valence-electron chi connectivity index (χ2n) is 11.2. The molecule has 4 aromatic rings. The van der Waals surface area contributed by atoms with Crippen LogP contribution in [0, 0.1) is 0 Å². The van der Waals surface area contributed by atoms with Crippen LogP contribution in [0.4, 0.5) is 0 Å². The fourth-order valence-electron chi connectivity index (χ4n) is 5.61. The van der Waals surface area contributed by atoms with E-state index in [1.54, 1.807) is 36.4 Å². The smallest absolute Gasteiger partial charge is 0.414 e. The van der Waals surface area contributed by atoms with Crippen LogP contribution in [0.5, 0.6) is 17.2 Å². The van der Waals surface area contributed by atoms with Crippen molar-refractivity contribution in [3.05, 3.63) is 77.9 Å². The summed E-state index contributed by atoms with van der Waals surface area (Å²) in [5.74, 6) is -2.37. The molecular formula is C35H36N2O9S. The number of likely N-dealkylation sites (tertiary alicyclic amines) is 2. The van der Waals surface area contributed by atoms with E-state index in [4.69, 9.17) is 29.3 Å². The van der Waals surface area contributed by atoms with Crippen LogP contribution >= 0.6 is 11.3 Å². The monoisotopic (exact) mass is 660 g/mol. The van der Waals surface area contributed by atoms with Gasteiger partial charge >= 0.3 is 11.9 Å². The van der Waals surface area contributed by atoms with Crippen LogP contribution in [0.25, 0.3) is 20.5 Å². The number of hydrogen-bond acceptors (Lipinski definition) is 9. The lowest BCUT2D eigenvalue weighted by molar-refractivity contribution is -0.159. The molecule has 0 spiro atoms. The Morgan fingerprint density at radius 2 is 1.51 bits per heavy atom. The molecule has 3 heterocycles. The number of rotatable bonds is 11. The van der Waals surface area contributed by atoms with E-state index in [2.05, 4.69) is 4.90 Å². The third-order valence-electron chi connectivity index (χ3n) is 8.01. The molecule has 12 heteroatoms. The van der Waals surface area contributed by atoms with E-state index in [9.17, 15) is 14.7 Å². The van der Waals surface area contributed by atoms with Crippen molar-refractivity contribution in [1.82, 2.24) is 9.80 Å². The van der Waals surface area contributed by atoms with Gasteiger partial charge in [-0.05, 0) is 86.4 Å². The van der Waals surface area contributed by atoms with Crippen molar-refractivity contribution < 1.29 is 44.0 Å². The van der Waals surface area contributed by atoms with Crippen LogP contribution in [0.3, 0.4) is 0 Å². The fourth-order valence-corrected chi connectivity index (χ4v) is 6.80. The lowest BCUT2D eigenvalue weighted by Gasteiger charge is -2.16. The molecule has 11 nitrogen and oxygen atoms in total. The second kappa shape index (κ2) is 15.6. The van der Waals surface area contributed by atoms with Crippen LogP contribution < -0.4 is 9.47 Å². The Hall–Kier alpha value is -4.94. The number of fused-ring (bicyclic) bond motifs is 1. The first-order valence-electron chi connectivity index (χ1n) is 15.4. The lowest BCUT2D eigenvalue weighted by Crippen LogP contribution is -2.29. The van der Waals surface area contributed by atoms with Gasteiger partial charge in [0, 0.05) is 45.6 Å². The number of ketones is 1. The van der Waals surface area contributed by atoms with Crippen molar-refractivity contribution in [2.24, 2.45) is 0 Å². The number of carbonyl (C=O) groups is 4. The molecule has 47 heavy (non-hydrogen) atoms. The van der Waals surface area contributed by atoms with E-state index in [0.29, 0.717) is 48.8 Å². The minimum Gasteiger partial charge on any atom is -0.504 e. The Kier molecular flexibility index (Phi) is 11.1. The number of aromatic hydroxyl groups is 1. The summed E-state index contributed by atoms with van der Waals surface area (Å²) in [6, 6.07) is 20.4. The van der Waals surface area contributed by atoms with Gasteiger partial charge in [0.25, 0.3) is 0 Å². The number of aliphatic carboxylic acids is 2. The van der Waals surface area contributed by atoms with Gasteiger partial charge in [0.2, 0.25) is 5.91 Å². The highest BCUT2D eigenvalue weighted by Gasteiger charge is 2.23. The van der Waals surface area contributed by atoms with E-state index in [1.165, 1.54) is 24.2 Å². The van der Waals surface area contributed by atoms with Gasteiger partial charge in [-0.1, -0.05) is 18.2 Å². The molecule has 6 rings (SSSR count). The number of thiophene rings is 1. The first-order chi connectivity index (χ1) is 22.7. The first-order valence-corrected chi connectivity index (χ1v) is 16.2. The van der Waals surface area contributed by atoms with E-state index in [-0.39, 0.29) is 17.4 Å². The summed E-state index contributed by atoms with van der Waals surface area (Å²) in [4.78, 5) is 48.9. The lowest BCUT2D eigenvalue weighted by atomic mass is 9.97. The molecule has 0 aliphatic carbocycles.